The van der Waals surface area contributed by atoms with Gasteiger partial charge in [0.15, 0.2) is 46.9 Å². The van der Waals surface area contributed by atoms with Gasteiger partial charge in [-0.05, 0) is 106 Å². The number of rotatable bonds is 23. The number of aromatic amines is 1. The molecule has 30 nitrogen and oxygen atoms in total. The van der Waals surface area contributed by atoms with Gasteiger partial charge in [0, 0.05) is 109 Å². The highest BCUT2D eigenvalue weighted by Crippen LogP contribution is 2.66. The monoisotopic (exact) mass is 1980 g/mol. The maximum absolute atomic E-state index is 15.7. The molecule has 2 spiro atoms. The first-order valence-electron chi connectivity index (χ1n) is 48.1. The summed E-state index contributed by atoms with van der Waals surface area (Å²) in [6, 6.07) is 70.3. The molecule has 0 radical (unpaired) electrons. The van der Waals surface area contributed by atoms with Crippen molar-refractivity contribution in [3.63, 3.8) is 0 Å². The zero-order valence-electron chi connectivity index (χ0n) is 79.4. The van der Waals surface area contributed by atoms with E-state index in [2.05, 4.69) is 67.2 Å². The summed E-state index contributed by atoms with van der Waals surface area (Å²) in [4.78, 5) is 79.5. The van der Waals surface area contributed by atoms with E-state index in [1.54, 1.807) is 50.6 Å². The van der Waals surface area contributed by atoms with E-state index in [1.165, 1.54) is 0 Å². The van der Waals surface area contributed by atoms with Crippen molar-refractivity contribution < 1.29 is 83.8 Å². The number of nitrogens with one attached hydrogen (secondary N) is 7. The second-order valence-electron chi connectivity index (χ2n) is 37.9. The third kappa shape index (κ3) is 16.2. The highest BCUT2D eigenvalue weighted by atomic mass is 35.7. The summed E-state index contributed by atoms with van der Waals surface area (Å²) in [5.41, 5.74) is 11.7. The largest absolute Gasteiger partial charge is 0.469 e. The first-order chi connectivity index (χ1) is 69.2. The molecule has 33 heteroatoms. The third-order valence-corrected chi connectivity index (χ3v) is 32.0. The Kier molecular flexibility index (Phi) is 24.2. The van der Waals surface area contributed by atoms with E-state index in [1.807, 2.05) is 234 Å². The highest BCUT2D eigenvalue weighted by molar-refractivity contribution is 7.81. The van der Waals surface area contributed by atoms with Gasteiger partial charge in [0.25, 0.3) is 11.8 Å². The molecule has 143 heavy (non-hydrogen) atoms. The predicted molar refractivity (Wildman–Crippen MR) is 537 cm³/mol. The SMILES string of the molecule is CCC(O)(CC)C(=O)N[C@H]1Cc2ccc3c(c2)[C@]24c5cccc(c5NC2O3)-c2cccc3[nH]cc(c23)-c2cnc(o2)-c2nc(oc24)[C@H](C(C)C)NC1=O.CCC(O)(CC)C(=O)N[C@H]1Cc2ccc3c(c2)[C@]24c5cccc(c5NC2O3)-c2cccc3c2c(cn3P(=O)(OCc2ccccc2)OCc2ccccc2)-c2cnc(o2)-c2nc(oc24)[C@H](C(C)C)NC1=O.O=P(Cl)(OCc1ccccc1)OCc1ccccc1. The predicted octanol–water partition coefficient (Wildman–Crippen LogP) is 21.3. The van der Waals surface area contributed by atoms with Gasteiger partial charge in [-0.3, -0.25) is 41.6 Å². The summed E-state index contributed by atoms with van der Waals surface area (Å²) < 4.78 is 93.7. The molecule has 0 aliphatic carbocycles. The van der Waals surface area contributed by atoms with Crippen LogP contribution in [0.5, 0.6) is 11.5 Å². The van der Waals surface area contributed by atoms with Crippen molar-refractivity contribution in [1.29, 1.82) is 0 Å². The highest BCUT2D eigenvalue weighted by Gasteiger charge is 2.64. The summed E-state index contributed by atoms with van der Waals surface area (Å²) in [6.07, 6.45) is 6.64. The van der Waals surface area contributed by atoms with E-state index < -0.39 is 97.0 Å². The van der Waals surface area contributed by atoms with E-state index >= 15 is 4.57 Å². The van der Waals surface area contributed by atoms with Crippen molar-refractivity contribution >= 4 is 82.7 Å². The molecule has 0 saturated heterocycles. The lowest BCUT2D eigenvalue weighted by molar-refractivity contribution is -0.143. The summed E-state index contributed by atoms with van der Waals surface area (Å²) in [7, 11) is -4.20. The Morgan fingerprint density at radius 2 is 0.888 bits per heavy atom. The molecule has 6 aromatic heterocycles. The standard InChI is InChI=1S/C55H51N6O9P.C41H38N6O6.C14H14ClO3P/c1-5-54(64,6-2)52(63)57-40-26-34-23-24-42-39(25-34)55-38-21-13-20-36(46(38)60-53(55)69-42)35-19-14-22-41-44(35)37(43-27-56-50(68-43)47-48(55)70-51(59-47)45(31(3)4)58-49(40)62)28-61(41)71(65,66-29-32-15-9-7-10-16-32)67-30-33-17-11-8-12-18-33;1-5-40(50,6-2)38(49)44-27-16-20-13-14-28-25(15-20)41-24-11-7-10-22(32(24)47-39(41)52-28)21-9-8-12-26-30(21)23(17-42-26)29-18-43-36(51-29)33-34(41)53-37(46-33)31(19(3)4)45-35(27)48;15-19(16,17-11-13-7-3-1-4-8-13)18-12-14-9-5-2-6-10-14/h7-25,27-28,31,40,45,53,60,64H,5-6,26,29-30H2,1-4H3,(H,57,63)(H,58,62);7-15,17-19,27,31,39,42,47,50H,5-6,16H2,1-4H3,(H,44,49)(H,45,48);1-10H,11-12H2/t40-,45-,53?,55-;27-,31-,39?,41-;/m00./s1. The van der Waals surface area contributed by atoms with E-state index in [-0.39, 0.29) is 100 Å². The average molecular weight is 1980 g/mol. The van der Waals surface area contributed by atoms with Gasteiger partial charge in [0.2, 0.25) is 35.4 Å². The molecule has 9 N–H and O–H groups in total. The lowest BCUT2D eigenvalue weighted by Gasteiger charge is -2.30. The number of nitrogens with zero attached hydrogens (tertiary/aromatic N) is 5. The fourth-order valence-corrected chi connectivity index (χ4v) is 23.4. The minimum absolute atomic E-state index is 0.0162. The van der Waals surface area contributed by atoms with Crippen molar-refractivity contribution in [3.05, 3.63) is 334 Å². The number of H-pyrrole nitrogens is 1. The molecule has 8 aliphatic heterocycles. The summed E-state index contributed by atoms with van der Waals surface area (Å²) in [6.45, 7) is 11.6. The van der Waals surface area contributed by atoms with E-state index in [0.29, 0.717) is 62.4 Å². The Morgan fingerprint density at radius 3 is 1.32 bits per heavy atom. The molecular formula is C110H103ClN12O18P2. The van der Waals surface area contributed by atoms with Gasteiger partial charge in [0.1, 0.15) is 57.7 Å². The number of amides is 4. The molecule has 24 rings (SSSR count). The Morgan fingerprint density at radius 1 is 0.483 bits per heavy atom. The zero-order valence-corrected chi connectivity index (χ0v) is 81.9. The number of fused-ring (bicyclic) bond motifs is 14. The molecule has 0 saturated carbocycles. The quantitative estimate of drug-likeness (QED) is 0.0269. The topological polar surface area (TPSA) is 395 Å². The van der Waals surface area contributed by atoms with Gasteiger partial charge in [-0.15, -0.1) is 0 Å². The minimum atomic E-state index is -4.20. The summed E-state index contributed by atoms with van der Waals surface area (Å²) in [5, 5.41) is 43.7. The number of ether oxygens (including phenoxy) is 2. The third-order valence-electron chi connectivity index (χ3n) is 28.8. The van der Waals surface area contributed by atoms with Crippen molar-refractivity contribution in [2.45, 2.75) is 179 Å². The van der Waals surface area contributed by atoms with Crippen LogP contribution in [0.15, 0.2) is 273 Å². The second-order valence-corrected chi connectivity index (χ2v) is 42.4. The van der Waals surface area contributed by atoms with Crippen LogP contribution in [0, 0.1) is 11.8 Å². The number of hydrogen-bond donors (Lipinski definition) is 9. The lowest BCUT2D eigenvalue weighted by atomic mass is 9.72. The van der Waals surface area contributed by atoms with E-state index in [9.17, 15) is 34.0 Å². The van der Waals surface area contributed by atoms with Crippen molar-refractivity contribution in [3.8, 4) is 79.6 Å². The second kappa shape index (κ2) is 36.9. The molecule has 8 atom stereocenters. The first kappa shape index (κ1) is 93.7. The van der Waals surface area contributed by atoms with Crippen molar-refractivity contribution in [2.75, 3.05) is 10.6 Å². The Hall–Kier alpha value is -14.3. The number of halogens is 1. The van der Waals surface area contributed by atoms with Crippen molar-refractivity contribution in [2.24, 2.45) is 11.8 Å². The minimum Gasteiger partial charge on any atom is -0.469 e. The van der Waals surface area contributed by atoms with E-state index in [0.717, 1.165) is 106 Å². The molecule has 0 fully saturated rings. The molecule has 728 valence electrons. The average Bonchev–Trinajstić information content (AvgIpc) is 1.51. The van der Waals surface area contributed by atoms with Gasteiger partial charge in [-0.1, -0.05) is 262 Å². The van der Waals surface area contributed by atoms with Crippen LogP contribution < -0.4 is 41.4 Å². The van der Waals surface area contributed by atoms with Gasteiger partial charge in [-0.25, -0.2) is 29.1 Å². The van der Waals surface area contributed by atoms with Gasteiger partial charge >= 0.3 is 14.7 Å². The van der Waals surface area contributed by atoms with Crippen molar-refractivity contribution in [1.82, 2.24) is 50.5 Å². The number of para-hydroxylation sites is 2. The fraction of sp³-hybridized carbons (Fsp3) is 0.273. The van der Waals surface area contributed by atoms with Crippen LogP contribution in [0.2, 0.25) is 0 Å². The van der Waals surface area contributed by atoms with Crippen LogP contribution in [0.25, 0.3) is 89.9 Å². The lowest BCUT2D eigenvalue weighted by Crippen LogP contribution is -2.55. The zero-order chi connectivity index (χ0) is 98.8. The molecule has 4 amide bonds. The number of carbonyl (C=O) groups is 4. The van der Waals surface area contributed by atoms with Crippen LogP contribution in [-0.2, 0) is 96.5 Å². The van der Waals surface area contributed by atoms with Gasteiger partial charge < -0.3 is 74.2 Å². The van der Waals surface area contributed by atoms with Crippen LogP contribution >= 0.6 is 25.9 Å². The summed E-state index contributed by atoms with van der Waals surface area (Å²) in [5.74, 6) is 1.39. The number of oxazole rings is 4. The van der Waals surface area contributed by atoms with Gasteiger partial charge in [-0.2, -0.15) is 0 Å². The maximum Gasteiger partial charge on any atom is 0.440 e. The fourth-order valence-electron chi connectivity index (χ4n) is 20.8. The maximum atomic E-state index is 15.7. The molecule has 20 bridgehead atoms. The molecular weight excluding hydrogens is 1870 g/mol. The number of carbonyl (C=O) groups excluding carboxylic acids is 4. The van der Waals surface area contributed by atoms with Gasteiger partial charge in [0.05, 0.1) is 44.3 Å². The van der Waals surface area contributed by atoms with Crippen LogP contribution in [-0.4, -0.2) is 98.8 Å². The Balaban J connectivity index is 0.000000142. The van der Waals surface area contributed by atoms with E-state index in [4.69, 9.17) is 76.4 Å². The number of aliphatic hydroxyl groups is 2. The molecule has 8 aliphatic rings. The molecule has 16 aromatic rings. The number of aromatic nitrogens is 6. The molecule has 10 aromatic carbocycles. The number of anilines is 2. The molecule has 2 unspecified atom stereocenters. The first-order valence-corrected chi connectivity index (χ1v) is 52.1. The number of benzene rings is 10. The Labute approximate surface area is 827 Å². The van der Waals surface area contributed by atoms with Crippen LogP contribution in [0.1, 0.15) is 172 Å². The summed E-state index contributed by atoms with van der Waals surface area (Å²) >= 11 is 5.75. The number of hydrogen-bond acceptors (Lipinski definition) is 24. The normalized spacial score (nSPS) is 19.4. The smallest absolute Gasteiger partial charge is 0.440 e. The van der Waals surface area contributed by atoms with Crippen LogP contribution in [0.3, 0.4) is 0 Å². The molecule has 14 heterocycles. The Bertz CT molecular complexity index is 7670. The van der Waals surface area contributed by atoms with Crippen LogP contribution in [0.4, 0.5) is 11.4 Å².